The van der Waals surface area contributed by atoms with Crippen LogP contribution >= 0.6 is 15.9 Å². The highest BCUT2D eigenvalue weighted by molar-refractivity contribution is 9.10. The third kappa shape index (κ3) is 7.27. The fourth-order valence-electron chi connectivity index (χ4n) is 2.42. The Balaban J connectivity index is 1.83. The van der Waals surface area contributed by atoms with Crippen LogP contribution in [-0.2, 0) is 9.59 Å². The highest BCUT2D eigenvalue weighted by atomic mass is 79.9. The standard InChI is InChI=1S/C20H24BrN3O2/c1-2-3-4-11-19(25)23-17-9-6-10-18(13-17)24-20(26)14-22-16-8-5-7-15(21)12-16/h5-10,12-13,22H,2-4,11,14H2,1H3,(H,23,25)(H,24,26). The lowest BCUT2D eigenvalue weighted by Gasteiger charge is -2.10. The van der Waals surface area contributed by atoms with Gasteiger partial charge in [0.1, 0.15) is 0 Å². The molecule has 0 aromatic heterocycles. The van der Waals surface area contributed by atoms with Gasteiger partial charge in [-0.15, -0.1) is 0 Å². The molecule has 0 spiro atoms. The van der Waals surface area contributed by atoms with E-state index in [9.17, 15) is 9.59 Å². The molecule has 26 heavy (non-hydrogen) atoms. The fourth-order valence-corrected chi connectivity index (χ4v) is 2.82. The molecule has 6 heteroatoms. The van der Waals surface area contributed by atoms with Gasteiger partial charge in [-0.3, -0.25) is 9.59 Å². The average Bonchev–Trinajstić information content (AvgIpc) is 2.60. The summed E-state index contributed by atoms with van der Waals surface area (Å²) in [5.74, 6) is -0.158. The second kappa shape index (κ2) is 10.6. The molecule has 0 atom stereocenters. The molecule has 0 heterocycles. The van der Waals surface area contributed by atoms with Gasteiger partial charge in [-0.25, -0.2) is 0 Å². The molecule has 2 aromatic carbocycles. The number of nitrogens with one attached hydrogen (secondary N) is 3. The molecule has 138 valence electrons. The quantitative estimate of drug-likeness (QED) is 0.501. The number of amides is 2. The number of rotatable bonds is 9. The van der Waals surface area contributed by atoms with Crippen molar-refractivity contribution < 1.29 is 9.59 Å². The number of halogens is 1. The molecule has 0 saturated heterocycles. The Kier molecular flexibility index (Phi) is 8.15. The third-order valence-corrected chi connectivity index (χ3v) is 4.21. The van der Waals surface area contributed by atoms with E-state index < -0.39 is 0 Å². The monoisotopic (exact) mass is 417 g/mol. The van der Waals surface area contributed by atoms with Crippen LogP contribution < -0.4 is 16.0 Å². The first kappa shape index (κ1) is 20.0. The van der Waals surface area contributed by atoms with Crippen LogP contribution in [0.3, 0.4) is 0 Å². The molecule has 2 aromatic rings. The molecule has 0 bridgehead atoms. The highest BCUT2D eigenvalue weighted by Crippen LogP contribution is 2.17. The van der Waals surface area contributed by atoms with Gasteiger partial charge in [-0.05, 0) is 42.8 Å². The first-order valence-electron chi connectivity index (χ1n) is 8.76. The summed E-state index contributed by atoms with van der Waals surface area (Å²) in [5, 5.41) is 8.76. The summed E-state index contributed by atoms with van der Waals surface area (Å²) in [5.41, 5.74) is 2.20. The fraction of sp³-hybridized carbons (Fsp3) is 0.300. The summed E-state index contributed by atoms with van der Waals surface area (Å²) in [7, 11) is 0. The second-order valence-electron chi connectivity index (χ2n) is 6.00. The zero-order valence-corrected chi connectivity index (χ0v) is 16.4. The summed E-state index contributed by atoms with van der Waals surface area (Å²) in [6, 6.07) is 14.8. The van der Waals surface area contributed by atoms with E-state index in [1.165, 1.54) is 0 Å². The summed E-state index contributed by atoms with van der Waals surface area (Å²) < 4.78 is 0.949. The Morgan fingerprint density at radius 1 is 0.885 bits per heavy atom. The number of unbranched alkanes of at least 4 members (excludes halogenated alkanes) is 2. The minimum Gasteiger partial charge on any atom is -0.376 e. The molecular weight excluding hydrogens is 394 g/mol. The molecular formula is C20H24BrN3O2. The van der Waals surface area contributed by atoms with E-state index >= 15 is 0 Å². The van der Waals surface area contributed by atoms with Crippen LogP contribution in [-0.4, -0.2) is 18.4 Å². The van der Waals surface area contributed by atoms with E-state index in [1.807, 2.05) is 30.3 Å². The molecule has 0 aliphatic carbocycles. The Bertz CT molecular complexity index is 749. The van der Waals surface area contributed by atoms with E-state index in [0.717, 1.165) is 29.4 Å². The van der Waals surface area contributed by atoms with Gasteiger partial charge in [0.15, 0.2) is 0 Å². The largest absolute Gasteiger partial charge is 0.376 e. The maximum atomic E-state index is 12.1. The third-order valence-electron chi connectivity index (χ3n) is 3.72. The Morgan fingerprint density at radius 2 is 1.54 bits per heavy atom. The first-order valence-corrected chi connectivity index (χ1v) is 9.55. The molecule has 2 amide bonds. The lowest BCUT2D eigenvalue weighted by Crippen LogP contribution is -2.21. The van der Waals surface area contributed by atoms with Crippen LogP contribution in [0.1, 0.15) is 32.6 Å². The molecule has 0 aliphatic rings. The van der Waals surface area contributed by atoms with Crippen molar-refractivity contribution in [3.63, 3.8) is 0 Å². The number of hydrogen-bond acceptors (Lipinski definition) is 3. The number of benzene rings is 2. The van der Waals surface area contributed by atoms with Crippen molar-refractivity contribution in [2.75, 3.05) is 22.5 Å². The molecule has 0 unspecified atom stereocenters. The van der Waals surface area contributed by atoms with Crippen LogP contribution in [0.4, 0.5) is 17.1 Å². The SMILES string of the molecule is CCCCCC(=O)Nc1cccc(NC(=O)CNc2cccc(Br)c2)c1. The molecule has 2 rings (SSSR count). The van der Waals surface area contributed by atoms with Gasteiger partial charge in [0.2, 0.25) is 11.8 Å². The zero-order chi connectivity index (χ0) is 18.8. The van der Waals surface area contributed by atoms with Crippen molar-refractivity contribution in [2.24, 2.45) is 0 Å². The summed E-state index contributed by atoms with van der Waals surface area (Å²) in [6.45, 7) is 2.26. The van der Waals surface area contributed by atoms with Crippen LogP contribution in [0.2, 0.25) is 0 Å². The van der Waals surface area contributed by atoms with Crippen molar-refractivity contribution >= 4 is 44.8 Å². The Hall–Kier alpha value is -2.34. The van der Waals surface area contributed by atoms with Crippen LogP contribution in [0.15, 0.2) is 53.0 Å². The van der Waals surface area contributed by atoms with Crippen molar-refractivity contribution in [2.45, 2.75) is 32.6 Å². The molecule has 3 N–H and O–H groups in total. The minimum atomic E-state index is -0.156. The molecule has 0 aliphatic heterocycles. The first-order chi connectivity index (χ1) is 12.6. The lowest BCUT2D eigenvalue weighted by atomic mass is 10.2. The van der Waals surface area contributed by atoms with Crippen molar-refractivity contribution in [3.8, 4) is 0 Å². The van der Waals surface area contributed by atoms with E-state index in [2.05, 4.69) is 38.8 Å². The van der Waals surface area contributed by atoms with Crippen LogP contribution in [0.5, 0.6) is 0 Å². The highest BCUT2D eigenvalue weighted by Gasteiger charge is 2.06. The van der Waals surface area contributed by atoms with Crippen LogP contribution in [0, 0.1) is 0 Å². The lowest BCUT2D eigenvalue weighted by molar-refractivity contribution is -0.116. The van der Waals surface area contributed by atoms with E-state index in [4.69, 9.17) is 0 Å². The molecule has 0 radical (unpaired) electrons. The summed E-state index contributed by atoms with van der Waals surface area (Å²) >= 11 is 3.40. The van der Waals surface area contributed by atoms with E-state index in [1.54, 1.807) is 18.2 Å². The zero-order valence-electron chi connectivity index (χ0n) is 14.8. The molecule has 5 nitrogen and oxygen atoms in total. The smallest absolute Gasteiger partial charge is 0.243 e. The number of carbonyl (C=O) groups is 2. The number of anilines is 3. The van der Waals surface area contributed by atoms with Gasteiger partial charge in [-0.1, -0.05) is 47.8 Å². The van der Waals surface area contributed by atoms with Gasteiger partial charge in [0.25, 0.3) is 0 Å². The van der Waals surface area contributed by atoms with Gasteiger partial charge >= 0.3 is 0 Å². The van der Waals surface area contributed by atoms with Crippen molar-refractivity contribution in [1.82, 2.24) is 0 Å². The predicted molar refractivity (Wildman–Crippen MR) is 110 cm³/mol. The Labute approximate surface area is 162 Å². The van der Waals surface area contributed by atoms with Gasteiger partial charge in [-0.2, -0.15) is 0 Å². The summed E-state index contributed by atoms with van der Waals surface area (Å²) in [4.78, 5) is 24.0. The Morgan fingerprint density at radius 3 is 2.23 bits per heavy atom. The molecule has 0 saturated carbocycles. The summed E-state index contributed by atoms with van der Waals surface area (Å²) in [6.07, 6.45) is 3.54. The van der Waals surface area contributed by atoms with Gasteiger partial charge < -0.3 is 16.0 Å². The van der Waals surface area contributed by atoms with Crippen LogP contribution in [0.25, 0.3) is 0 Å². The van der Waals surface area contributed by atoms with Gasteiger partial charge in [0, 0.05) is 28.0 Å². The number of hydrogen-bond donors (Lipinski definition) is 3. The van der Waals surface area contributed by atoms with E-state index in [0.29, 0.717) is 17.8 Å². The average molecular weight is 418 g/mol. The number of carbonyl (C=O) groups excluding carboxylic acids is 2. The predicted octanol–water partition coefficient (Wildman–Crippen LogP) is 5.02. The topological polar surface area (TPSA) is 70.2 Å². The van der Waals surface area contributed by atoms with Crippen molar-refractivity contribution in [3.05, 3.63) is 53.0 Å². The van der Waals surface area contributed by atoms with Crippen molar-refractivity contribution in [1.29, 1.82) is 0 Å². The molecule has 0 fully saturated rings. The maximum Gasteiger partial charge on any atom is 0.243 e. The normalized spacial score (nSPS) is 10.2. The second-order valence-corrected chi connectivity index (χ2v) is 6.91. The maximum absolute atomic E-state index is 12.1. The van der Waals surface area contributed by atoms with E-state index in [-0.39, 0.29) is 18.4 Å². The minimum absolute atomic E-state index is 0.00162. The van der Waals surface area contributed by atoms with Gasteiger partial charge in [0.05, 0.1) is 6.54 Å².